The van der Waals surface area contributed by atoms with Gasteiger partial charge in [0.1, 0.15) is 0 Å². The van der Waals surface area contributed by atoms with Crippen LogP contribution in [0.3, 0.4) is 0 Å². The average molecular weight is 333 g/mol. The van der Waals surface area contributed by atoms with E-state index in [1.54, 1.807) is 4.90 Å². The number of hydrogen-bond donors (Lipinski definition) is 1. The molecule has 0 radical (unpaired) electrons. The normalized spacial score (nSPS) is 10.2. The van der Waals surface area contributed by atoms with E-state index in [4.69, 9.17) is 11.0 Å². The number of anilines is 2. The predicted octanol–water partition coefficient (Wildman–Crippen LogP) is 2.47. The molecule has 0 saturated carbocycles. The van der Waals surface area contributed by atoms with Crippen molar-refractivity contribution in [2.75, 3.05) is 22.9 Å². The van der Waals surface area contributed by atoms with Crippen LogP contribution < -0.4 is 10.6 Å². The van der Waals surface area contributed by atoms with Crippen LogP contribution in [-0.4, -0.2) is 28.4 Å². The van der Waals surface area contributed by atoms with E-state index in [0.29, 0.717) is 16.0 Å². The fourth-order valence-corrected chi connectivity index (χ4v) is 3.28. The van der Waals surface area contributed by atoms with E-state index >= 15 is 0 Å². The number of amides is 1. The molecule has 1 amide bonds. The van der Waals surface area contributed by atoms with Crippen LogP contribution in [-0.2, 0) is 4.79 Å². The number of nitriles is 1. The second-order valence-corrected chi connectivity index (χ2v) is 6.72. The third-order valence-electron chi connectivity index (χ3n) is 2.84. The van der Waals surface area contributed by atoms with Gasteiger partial charge in [-0.1, -0.05) is 40.8 Å². The van der Waals surface area contributed by atoms with E-state index in [2.05, 4.69) is 16.3 Å². The number of carbonyl (C=O) groups is 1. The number of benzene rings is 1. The number of rotatable bonds is 6. The second kappa shape index (κ2) is 7.77. The first-order chi connectivity index (χ1) is 10.6. The monoisotopic (exact) mass is 333 g/mol. The second-order valence-electron chi connectivity index (χ2n) is 4.48. The minimum Gasteiger partial charge on any atom is -0.374 e. The van der Waals surface area contributed by atoms with Gasteiger partial charge in [0, 0.05) is 12.2 Å². The molecule has 0 fully saturated rings. The van der Waals surface area contributed by atoms with Gasteiger partial charge >= 0.3 is 0 Å². The van der Waals surface area contributed by atoms with Gasteiger partial charge in [0.05, 0.1) is 18.2 Å². The van der Waals surface area contributed by atoms with E-state index in [9.17, 15) is 4.79 Å². The van der Waals surface area contributed by atoms with E-state index < -0.39 is 0 Å². The summed E-state index contributed by atoms with van der Waals surface area (Å²) in [4.78, 5) is 14.1. The molecule has 22 heavy (non-hydrogen) atoms. The molecule has 0 aliphatic carbocycles. The first-order valence-electron chi connectivity index (χ1n) is 6.56. The highest BCUT2D eigenvalue weighted by molar-refractivity contribution is 8.01. The number of carbonyl (C=O) groups excluding carboxylic acids is 1. The summed E-state index contributed by atoms with van der Waals surface area (Å²) in [6.45, 7) is 2.36. The fraction of sp³-hybridized carbons (Fsp3) is 0.286. The van der Waals surface area contributed by atoms with Crippen molar-refractivity contribution in [3.63, 3.8) is 0 Å². The molecule has 2 aromatic rings. The molecule has 0 aliphatic rings. The Labute approximate surface area is 137 Å². The number of aromatic nitrogens is 2. The number of nitrogens with zero attached hydrogens (tertiary/aromatic N) is 4. The van der Waals surface area contributed by atoms with Crippen LogP contribution in [0.5, 0.6) is 0 Å². The van der Waals surface area contributed by atoms with Crippen LogP contribution in [0.1, 0.15) is 12.0 Å². The average Bonchev–Trinajstić information content (AvgIpc) is 2.93. The lowest BCUT2D eigenvalue weighted by Gasteiger charge is -2.21. The lowest BCUT2D eigenvalue weighted by molar-refractivity contribution is -0.116. The molecule has 1 aromatic heterocycles. The molecule has 0 bridgehead atoms. The van der Waals surface area contributed by atoms with Crippen molar-refractivity contribution < 1.29 is 4.79 Å². The van der Waals surface area contributed by atoms with Gasteiger partial charge in [0.25, 0.3) is 0 Å². The molecule has 1 heterocycles. The van der Waals surface area contributed by atoms with Gasteiger partial charge in [-0.25, -0.2) is 0 Å². The lowest BCUT2D eigenvalue weighted by atomic mass is 10.2. The summed E-state index contributed by atoms with van der Waals surface area (Å²) in [5.74, 6) is 0.159. The smallest absolute Gasteiger partial charge is 0.237 e. The van der Waals surface area contributed by atoms with Gasteiger partial charge in [-0.05, 0) is 19.1 Å². The molecular formula is C14H15N5OS2. The van der Waals surface area contributed by atoms with Gasteiger partial charge < -0.3 is 10.6 Å². The summed E-state index contributed by atoms with van der Waals surface area (Å²) in [7, 11) is 0. The maximum Gasteiger partial charge on any atom is 0.237 e. The maximum atomic E-state index is 12.4. The Bertz CT molecular complexity index is 677. The predicted molar refractivity (Wildman–Crippen MR) is 88.8 cm³/mol. The number of nitrogens with two attached hydrogens (primary N) is 1. The Balaban J connectivity index is 2.05. The Morgan fingerprint density at radius 1 is 1.41 bits per heavy atom. The first kappa shape index (κ1) is 16.3. The third-order valence-corrected chi connectivity index (χ3v) is 4.71. The van der Waals surface area contributed by atoms with Crippen molar-refractivity contribution in [2.24, 2.45) is 0 Å². The summed E-state index contributed by atoms with van der Waals surface area (Å²) in [5.41, 5.74) is 7.43. The zero-order valence-electron chi connectivity index (χ0n) is 12.0. The highest BCUT2D eigenvalue weighted by atomic mass is 32.2. The summed E-state index contributed by atoms with van der Waals surface area (Å²) >= 11 is 2.55. The van der Waals surface area contributed by atoms with Crippen molar-refractivity contribution in [3.05, 3.63) is 29.8 Å². The Hall–Kier alpha value is -2.11. The SMILES string of the molecule is Cc1ccc(N(CCC#N)C(=O)CSc2nnc(N)s2)cc1. The van der Waals surface area contributed by atoms with Crippen LogP contribution in [0.4, 0.5) is 10.8 Å². The Morgan fingerprint density at radius 3 is 2.73 bits per heavy atom. The third kappa shape index (κ3) is 4.44. The van der Waals surface area contributed by atoms with Crippen LogP contribution in [0, 0.1) is 18.3 Å². The zero-order chi connectivity index (χ0) is 15.9. The summed E-state index contributed by atoms with van der Waals surface area (Å²) in [6.07, 6.45) is 0.288. The molecule has 6 nitrogen and oxygen atoms in total. The lowest BCUT2D eigenvalue weighted by Crippen LogP contribution is -2.33. The topological polar surface area (TPSA) is 95.9 Å². The Morgan fingerprint density at radius 2 is 2.14 bits per heavy atom. The van der Waals surface area contributed by atoms with E-state index in [1.165, 1.54) is 23.1 Å². The van der Waals surface area contributed by atoms with Gasteiger partial charge in [-0.2, -0.15) is 5.26 Å². The van der Waals surface area contributed by atoms with E-state index in [-0.39, 0.29) is 18.1 Å². The minimum absolute atomic E-state index is 0.0714. The molecule has 114 valence electrons. The number of hydrogen-bond acceptors (Lipinski definition) is 7. The molecule has 0 spiro atoms. The van der Waals surface area contributed by atoms with Gasteiger partial charge in [-0.15, -0.1) is 10.2 Å². The molecule has 2 rings (SSSR count). The van der Waals surface area contributed by atoms with Crippen molar-refractivity contribution in [2.45, 2.75) is 17.7 Å². The van der Waals surface area contributed by atoms with Crippen molar-refractivity contribution >= 4 is 39.8 Å². The molecular weight excluding hydrogens is 318 g/mol. The van der Waals surface area contributed by atoms with Crippen molar-refractivity contribution in [3.8, 4) is 6.07 Å². The summed E-state index contributed by atoms with van der Waals surface area (Å²) in [6, 6.07) is 9.74. The van der Waals surface area contributed by atoms with E-state index in [0.717, 1.165) is 11.3 Å². The largest absolute Gasteiger partial charge is 0.374 e. The van der Waals surface area contributed by atoms with Crippen LogP contribution in [0.2, 0.25) is 0 Å². The van der Waals surface area contributed by atoms with Crippen LogP contribution >= 0.6 is 23.1 Å². The number of nitrogen functional groups attached to an aromatic ring is 1. The standard InChI is InChI=1S/C14H15N5OS2/c1-10-3-5-11(6-4-10)19(8-2-7-15)12(20)9-21-14-18-17-13(16)22-14/h3-6H,2,8-9H2,1H3,(H2,16,17). The fourth-order valence-electron chi connectivity index (χ4n) is 1.76. The number of aryl methyl sites for hydroxylation is 1. The molecule has 8 heteroatoms. The molecule has 0 atom stereocenters. The van der Waals surface area contributed by atoms with Crippen molar-refractivity contribution in [1.29, 1.82) is 5.26 Å². The molecule has 0 aliphatic heterocycles. The number of thioether (sulfide) groups is 1. The van der Waals surface area contributed by atoms with Gasteiger partial charge in [-0.3, -0.25) is 4.79 Å². The molecule has 1 aromatic carbocycles. The van der Waals surface area contributed by atoms with Crippen LogP contribution in [0.25, 0.3) is 0 Å². The Kier molecular flexibility index (Phi) is 5.75. The molecule has 0 saturated heterocycles. The zero-order valence-corrected chi connectivity index (χ0v) is 13.7. The highest BCUT2D eigenvalue weighted by Crippen LogP contribution is 2.25. The minimum atomic E-state index is -0.0714. The van der Waals surface area contributed by atoms with Crippen LogP contribution in [0.15, 0.2) is 28.6 Å². The highest BCUT2D eigenvalue weighted by Gasteiger charge is 2.16. The van der Waals surface area contributed by atoms with Gasteiger partial charge in [0.15, 0.2) is 4.34 Å². The summed E-state index contributed by atoms with van der Waals surface area (Å²) in [5, 5.41) is 16.8. The molecule has 0 unspecified atom stereocenters. The van der Waals surface area contributed by atoms with Gasteiger partial charge in [0.2, 0.25) is 11.0 Å². The van der Waals surface area contributed by atoms with E-state index in [1.807, 2.05) is 31.2 Å². The molecule has 2 N–H and O–H groups in total. The maximum absolute atomic E-state index is 12.4. The van der Waals surface area contributed by atoms with Crippen molar-refractivity contribution in [1.82, 2.24) is 10.2 Å². The first-order valence-corrected chi connectivity index (χ1v) is 8.36. The summed E-state index contributed by atoms with van der Waals surface area (Å²) < 4.78 is 0.662. The quantitative estimate of drug-likeness (QED) is 0.816.